The van der Waals surface area contributed by atoms with E-state index in [4.69, 9.17) is 0 Å². The molecule has 2 nitrogen and oxygen atoms in total. The second-order valence-corrected chi connectivity index (χ2v) is 3.69. The molecule has 0 aromatic rings. The largest absolute Gasteiger partial charge is 0.412 e. The molecule has 0 amide bonds. The van der Waals surface area contributed by atoms with Crippen LogP contribution in [0.25, 0.3) is 0 Å². The summed E-state index contributed by atoms with van der Waals surface area (Å²) in [6.07, 6.45) is 7.12. The van der Waals surface area contributed by atoms with E-state index in [0.717, 1.165) is 6.54 Å². The molecule has 13 heavy (non-hydrogen) atoms. The minimum absolute atomic E-state index is 0. The Balaban J connectivity index is 0.00000144. The first-order valence-electron chi connectivity index (χ1n) is 4.82. The maximum absolute atomic E-state index is 2.41. The van der Waals surface area contributed by atoms with Crippen molar-refractivity contribution >= 4 is 0 Å². The Labute approximate surface area is 81.2 Å². The molecule has 0 radical (unpaired) electrons. The Morgan fingerprint density at radius 3 is 2.62 bits per heavy atom. The Morgan fingerprint density at radius 1 is 1.38 bits per heavy atom. The number of hydrogen-bond donors (Lipinski definition) is 0. The van der Waals surface area contributed by atoms with E-state index in [1.165, 1.54) is 30.5 Å². The Hall–Kier alpha value is -0.760. The second-order valence-electron chi connectivity index (χ2n) is 3.69. The van der Waals surface area contributed by atoms with Gasteiger partial charge in [0.15, 0.2) is 0 Å². The predicted molar refractivity (Wildman–Crippen MR) is 57.6 cm³/mol. The van der Waals surface area contributed by atoms with Gasteiger partial charge in [-0.2, -0.15) is 0 Å². The van der Waals surface area contributed by atoms with E-state index >= 15 is 0 Å². The summed E-state index contributed by atoms with van der Waals surface area (Å²) in [5.74, 6) is 0. The summed E-state index contributed by atoms with van der Waals surface area (Å²) in [7, 11) is 0. The fourth-order valence-electron chi connectivity index (χ4n) is 1.63. The van der Waals surface area contributed by atoms with E-state index in [1.807, 2.05) is 0 Å². The van der Waals surface area contributed by atoms with E-state index in [9.17, 15) is 0 Å². The zero-order valence-electron chi connectivity index (χ0n) is 8.93. The molecule has 0 saturated heterocycles. The molecule has 1 heterocycles. The Bertz CT molecular complexity index is 206. The average molecular weight is 183 g/mol. The SMILES string of the molecule is CCCCN1C=C(C)C=C(C)C1.O. The fourth-order valence-corrected chi connectivity index (χ4v) is 1.63. The van der Waals surface area contributed by atoms with E-state index < -0.39 is 0 Å². The minimum Gasteiger partial charge on any atom is -0.412 e. The number of allylic oxidation sites excluding steroid dienone is 2. The van der Waals surface area contributed by atoms with Gasteiger partial charge in [0.05, 0.1) is 0 Å². The van der Waals surface area contributed by atoms with Gasteiger partial charge in [-0.3, -0.25) is 0 Å². The molecular weight excluding hydrogens is 162 g/mol. The first kappa shape index (κ1) is 12.2. The molecule has 2 heteroatoms. The lowest BCUT2D eigenvalue weighted by molar-refractivity contribution is 0.389. The van der Waals surface area contributed by atoms with Crippen molar-refractivity contribution in [2.45, 2.75) is 33.6 Å². The third kappa shape index (κ3) is 4.13. The van der Waals surface area contributed by atoms with Crippen LogP contribution in [0.1, 0.15) is 33.6 Å². The molecule has 0 spiro atoms. The molecule has 0 fully saturated rings. The van der Waals surface area contributed by atoms with Crippen LogP contribution in [-0.2, 0) is 0 Å². The summed E-state index contributed by atoms with van der Waals surface area (Å²) in [6, 6.07) is 0. The van der Waals surface area contributed by atoms with Gasteiger partial charge in [0.25, 0.3) is 0 Å². The van der Waals surface area contributed by atoms with Crippen LogP contribution in [0.2, 0.25) is 0 Å². The first-order chi connectivity index (χ1) is 5.72. The minimum atomic E-state index is 0. The van der Waals surface area contributed by atoms with Crippen molar-refractivity contribution in [3.63, 3.8) is 0 Å². The molecule has 1 aliphatic heterocycles. The van der Waals surface area contributed by atoms with Crippen molar-refractivity contribution in [2.24, 2.45) is 0 Å². The molecule has 76 valence electrons. The molecule has 0 saturated carbocycles. The van der Waals surface area contributed by atoms with Crippen LogP contribution in [0.3, 0.4) is 0 Å². The number of unbranched alkanes of at least 4 members (excludes halogenated alkanes) is 1. The Kier molecular flexibility index (Phi) is 5.47. The van der Waals surface area contributed by atoms with Gasteiger partial charge in [-0.15, -0.1) is 0 Å². The zero-order chi connectivity index (χ0) is 8.97. The van der Waals surface area contributed by atoms with Gasteiger partial charge in [-0.25, -0.2) is 0 Å². The summed E-state index contributed by atoms with van der Waals surface area (Å²) >= 11 is 0. The van der Waals surface area contributed by atoms with Crippen LogP contribution in [0.15, 0.2) is 23.4 Å². The van der Waals surface area contributed by atoms with Crippen LogP contribution in [0, 0.1) is 0 Å². The summed E-state index contributed by atoms with van der Waals surface area (Å²) in [5.41, 5.74) is 2.86. The smallest absolute Gasteiger partial charge is 0.0384 e. The fraction of sp³-hybridized carbons (Fsp3) is 0.636. The summed E-state index contributed by atoms with van der Waals surface area (Å²) in [6.45, 7) is 8.94. The third-order valence-corrected chi connectivity index (χ3v) is 2.11. The molecule has 0 bridgehead atoms. The maximum Gasteiger partial charge on any atom is 0.0384 e. The highest BCUT2D eigenvalue weighted by molar-refractivity contribution is 5.25. The first-order valence-corrected chi connectivity index (χ1v) is 4.82. The highest BCUT2D eigenvalue weighted by Crippen LogP contribution is 2.12. The van der Waals surface area contributed by atoms with Crippen LogP contribution < -0.4 is 0 Å². The molecule has 0 atom stereocenters. The van der Waals surface area contributed by atoms with Crippen LogP contribution >= 0.6 is 0 Å². The van der Waals surface area contributed by atoms with E-state index in [2.05, 4.69) is 37.9 Å². The molecule has 0 unspecified atom stereocenters. The van der Waals surface area contributed by atoms with Gasteiger partial charge >= 0.3 is 0 Å². The molecule has 0 aromatic carbocycles. The average Bonchev–Trinajstić information content (AvgIpc) is 1.99. The molecule has 0 aliphatic carbocycles. The van der Waals surface area contributed by atoms with Crippen LogP contribution in [0.5, 0.6) is 0 Å². The lowest BCUT2D eigenvalue weighted by Crippen LogP contribution is -2.23. The highest BCUT2D eigenvalue weighted by atomic mass is 16.0. The van der Waals surface area contributed by atoms with E-state index in [-0.39, 0.29) is 5.48 Å². The molecular formula is C11H21NO. The zero-order valence-corrected chi connectivity index (χ0v) is 8.93. The van der Waals surface area contributed by atoms with Gasteiger partial charge < -0.3 is 10.4 Å². The van der Waals surface area contributed by atoms with Crippen molar-refractivity contribution in [3.8, 4) is 0 Å². The Morgan fingerprint density at radius 2 is 2.08 bits per heavy atom. The monoisotopic (exact) mass is 183 g/mol. The molecule has 1 rings (SSSR count). The topological polar surface area (TPSA) is 34.7 Å². The van der Waals surface area contributed by atoms with Gasteiger partial charge in [0.1, 0.15) is 0 Å². The summed E-state index contributed by atoms with van der Waals surface area (Å²) < 4.78 is 0. The van der Waals surface area contributed by atoms with Crippen LogP contribution in [-0.4, -0.2) is 23.5 Å². The predicted octanol–water partition coefficient (Wildman–Crippen LogP) is 2.13. The van der Waals surface area contributed by atoms with Crippen molar-refractivity contribution in [2.75, 3.05) is 13.1 Å². The van der Waals surface area contributed by atoms with E-state index in [1.54, 1.807) is 0 Å². The van der Waals surface area contributed by atoms with E-state index in [0.29, 0.717) is 0 Å². The van der Waals surface area contributed by atoms with Gasteiger partial charge in [0.2, 0.25) is 0 Å². The molecule has 2 N–H and O–H groups in total. The van der Waals surface area contributed by atoms with Gasteiger partial charge in [-0.05, 0) is 25.8 Å². The number of hydrogen-bond acceptors (Lipinski definition) is 1. The normalized spacial score (nSPS) is 16.1. The van der Waals surface area contributed by atoms with Crippen molar-refractivity contribution in [3.05, 3.63) is 23.4 Å². The lowest BCUT2D eigenvalue weighted by Gasteiger charge is -2.24. The van der Waals surface area contributed by atoms with Crippen molar-refractivity contribution in [1.82, 2.24) is 4.90 Å². The third-order valence-electron chi connectivity index (χ3n) is 2.11. The van der Waals surface area contributed by atoms with Crippen molar-refractivity contribution < 1.29 is 5.48 Å². The number of rotatable bonds is 3. The molecule has 0 aromatic heterocycles. The molecule has 1 aliphatic rings. The van der Waals surface area contributed by atoms with Crippen molar-refractivity contribution in [1.29, 1.82) is 0 Å². The second kappa shape index (κ2) is 5.81. The van der Waals surface area contributed by atoms with Crippen LogP contribution in [0.4, 0.5) is 0 Å². The van der Waals surface area contributed by atoms with Gasteiger partial charge in [0, 0.05) is 19.3 Å². The van der Waals surface area contributed by atoms with Gasteiger partial charge in [-0.1, -0.05) is 25.0 Å². The quantitative estimate of drug-likeness (QED) is 0.660. The highest BCUT2D eigenvalue weighted by Gasteiger charge is 2.05. The maximum atomic E-state index is 2.41. The summed E-state index contributed by atoms with van der Waals surface area (Å²) in [4.78, 5) is 2.41. The standard InChI is InChI=1S/C11H19N.H2O/c1-4-5-6-12-8-10(2)7-11(3)9-12;/h7-8H,4-6,9H2,1-3H3;1H2. The number of nitrogens with zero attached hydrogens (tertiary/aromatic N) is 1. The summed E-state index contributed by atoms with van der Waals surface area (Å²) in [5, 5.41) is 0. The lowest BCUT2D eigenvalue weighted by atomic mass is 10.1.